The van der Waals surface area contributed by atoms with Gasteiger partial charge in [-0.25, -0.2) is 9.97 Å². The van der Waals surface area contributed by atoms with Crippen molar-refractivity contribution < 1.29 is 14.3 Å². The summed E-state index contributed by atoms with van der Waals surface area (Å²) >= 11 is 0. The molecule has 1 fully saturated rings. The number of ether oxygens (including phenoxy) is 1. The quantitative estimate of drug-likeness (QED) is 0.695. The van der Waals surface area contributed by atoms with Crippen LogP contribution >= 0.6 is 0 Å². The van der Waals surface area contributed by atoms with E-state index in [4.69, 9.17) is 4.74 Å². The second kappa shape index (κ2) is 8.57. The molecular formula is C21H19N5O3. The fourth-order valence-electron chi connectivity index (χ4n) is 2.99. The molecule has 29 heavy (non-hydrogen) atoms. The van der Waals surface area contributed by atoms with Crippen molar-refractivity contribution in [1.82, 2.24) is 15.0 Å². The molecule has 4 rings (SSSR count). The van der Waals surface area contributed by atoms with Crippen molar-refractivity contribution in [3.05, 3.63) is 66.5 Å². The molecule has 1 aliphatic heterocycles. The maximum absolute atomic E-state index is 12.6. The molecule has 8 heteroatoms. The third kappa shape index (κ3) is 4.61. The number of hydrogen-bond donors (Lipinski definition) is 2. The summed E-state index contributed by atoms with van der Waals surface area (Å²) in [6.07, 6.45) is 4.38. The van der Waals surface area contributed by atoms with Crippen molar-refractivity contribution in [3.8, 4) is 11.4 Å². The molecule has 2 N–H and O–H groups in total. The lowest BCUT2D eigenvalue weighted by molar-refractivity contribution is -0.124. The van der Waals surface area contributed by atoms with Crippen LogP contribution in [0.15, 0.2) is 60.9 Å². The van der Waals surface area contributed by atoms with Gasteiger partial charge in [-0.3, -0.25) is 19.9 Å². The Morgan fingerprint density at radius 3 is 2.69 bits per heavy atom. The van der Waals surface area contributed by atoms with Crippen LogP contribution in [0, 0.1) is 0 Å². The second-order valence-corrected chi connectivity index (χ2v) is 6.51. The van der Waals surface area contributed by atoms with Gasteiger partial charge in [0.05, 0.1) is 11.4 Å². The molecule has 0 spiro atoms. The Bertz CT molecular complexity index is 1020. The number of benzene rings is 1. The standard InChI is InChI=1S/C21H19N5O3/c27-19(26-21-23-11-9-17(25-21)16-7-1-2-10-22-16)14-5-3-6-15(13-14)24-20(28)18-8-4-12-29-18/h1-3,5-7,9-11,13,18H,4,8,12H2,(H,24,28)(H,23,25,26,27). The molecule has 1 unspecified atom stereocenters. The molecule has 0 aliphatic carbocycles. The predicted molar refractivity (Wildman–Crippen MR) is 107 cm³/mol. The maximum atomic E-state index is 12.6. The Hall–Kier alpha value is -3.65. The van der Waals surface area contributed by atoms with Crippen LogP contribution < -0.4 is 10.6 Å². The summed E-state index contributed by atoms with van der Waals surface area (Å²) in [6.45, 7) is 0.595. The molecule has 8 nitrogen and oxygen atoms in total. The molecule has 1 atom stereocenters. The molecule has 3 aromatic rings. The molecule has 0 radical (unpaired) electrons. The SMILES string of the molecule is O=C(Nc1nccc(-c2ccccn2)n1)c1cccc(NC(=O)C2CCCO2)c1. The van der Waals surface area contributed by atoms with E-state index < -0.39 is 6.10 Å². The van der Waals surface area contributed by atoms with Crippen LogP contribution in [0.1, 0.15) is 23.2 Å². The highest BCUT2D eigenvalue weighted by atomic mass is 16.5. The second-order valence-electron chi connectivity index (χ2n) is 6.51. The van der Waals surface area contributed by atoms with Crippen molar-refractivity contribution in [3.63, 3.8) is 0 Å². The lowest BCUT2D eigenvalue weighted by Gasteiger charge is -2.11. The molecule has 2 aromatic heterocycles. The van der Waals surface area contributed by atoms with Gasteiger partial charge in [0.2, 0.25) is 5.95 Å². The summed E-state index contributed by atoms with van der Waals surface area (Å²) in [5.41, 5.74) is 2.20. The van der Waals surface area contributed by atoms with Gasteiger partial charge in [0.15, 0.2) is 0 Å². The molecule has 3 heterocycles. The molecule has 1 aromatic carbocycles. The summed E-state index contributed by atoms with van der Waals surface area (Å²) in [4.78, 5) is 37.5. The highest BCUT2D eigenvalue weighted by molar-refractivity contribution is 6.04. The highest BCUT2D eigenvalue weighted by Gasteiger charge is 2.23. The number of aromatic nitrogens is 3. The topological polar surface area (TPSA) is 106 Å². The Labute approximate surface area is 167 Å². The zero-order valence-electron chi connectivity index (χ0n) is 15.5. The third-order valence-corrected chi connectivity index (χ3v) is 4.42. The molecular weight excluding hydrogens is 370 g/mol. The van der Waals surface area contributed by atoms with E-state index in [1.54, 1.807) is 42.7 Å². The van der Waals surface area contributed by atoms with Crippen LogP contribution in [0.2, 0.25) is 0 Å². The average Bonchev–Trinajstić information content (AvgIpc) is 3.30. The van der Waals surface area contributed by atoms with Crippen LogP contribution in [-0.2, 0) is 9.53 Å². The van der Waals surface area contributed by atoms with Crippen molar-refractivity contribution in [2.75, 3.05) is 17.2 Å². The van der Waals surface area contributed by atoms with Gasteiger partial charge in [-0.1, -0.05) is 12.1 Å². The van der Waals surface area contributed by atoms with Crippen LogP contribution in [0.5, 0.6) is 0 Å². The number of nitrogens with one attached hydrogen (secondary N) is 2. The number of hydrogen-bond acceptors (Lipinski definition) is 6. The van der Waals surface area contributed by atoms with E-state index in [1.165, 1.54) is 0 Å². The largest absolute Gasteiger partial charge is 0.368 e. The van der Waals surface area contributed by atoms with Gasteiger partial charge < -0.3 is 10.1 Å². The minimum Gasteiger partial charge on any atom is -0.368 e. The van der Waals surface area contributed by atoms with Crippen molar-refractivity contribution in [1.29, 1.82) is 0 Å². The van der Waals surface area contributed by atoms with Crippen LogP contribution in [0.4, 0.5) is 11.6 Å². The van der Waals surface area contributed by atoms with Gasteiger partial charge in [0.1, 0.15) is 6.10 Å². The number of nitrogens with zero attached hydrogens (tertiary/aromatic N) is 3. The Morgan fingerprint density at radius 2 is 1.90 bits per heavy atom. The van der Waals surface area contributed by atoms with E-state index >= 15 is 0 Å². The number of rotatable bonds is 5. The molecule has 0 saturated carbocycles. The summed E-state index contributed by atoms with van der Waals surface area (Å²) < 4.78 is 5.38. The highest BCUT2D eigenvalue weighted by Crippen LogP contribution is 2.18. The number of pyridine rings is 1. The van der Waals surface area contributed by atoms with Gasteiger partial charge in [-0.15, -0.1) is 0 Å². The monoisotopic (exact) mass is 389 g/mol. The Balaban J connectivity index is 1.45. The number of carbonyl (C=O) groups is 2. The van der Waals surface area contributed by atoms with Crippen LogP contribution in [0.3, 0.4) is 0 Å². The fourth-order valence-corrected chi connectivity index (χ4v) is 2.99. The first-order valence-electron chi connectivity index (χ1n) is 9.27. The first-order valence-corrected chi connectivity index (χ1v) is 9.27. The number of amides is 2. The lowest BCUT2D eigenvalue weighted by atomic mass is 10.1. The van der Waals surface area contributed by atoms with Gasteiger partial charge in [0, 0.05) is 30.3 Å². The van der Waals surface area contributed by atoms with E-state index in [0.717, 1.165) is 6.42 Å². The van der Waals surface area contributed by atoms with E-state index in [-0.39, 0.29) is 17.8 Å². The van der Waals surface area contributed by atoms with Crippen molar-refractivity contribution in [2.24, 2.45) is 0 Å². The molecule has 2 amide bonds. The van der Waals surface area contributed by atoms with Crippen molar-refractivity contribution in [2.45, 2.75) is 18.9 Å². The molecule has 0 bridgehead atoms. The first-order chi connectivity index (χ1) is 14.2. The third-order valence-electron chi connectivity index (χ3n) is 4.42. The average molecular weight is 389 g/mol. The van der Waals surface area contributed by atoms with Gasteiger partial charge in [-0.2, -0.15) is 0 Å². The Kier molecular flexibility index (Phi) is 5.53. The fraction of sp³-hybridized carbons (Fsp3) is 0.190. The van der Waals surface area contributed by atoms with E-state index in [0.29, 0.717) is 35.7 Å². The molecule has 1 aliphatic rings. The summed E-state index contributed by atoms with van der Waals surface area (Å²) in [7, 11) is 0. The van der Waals surface area contributed by atoms with Crippen LogP contribution in [-0.4, -0.2) is 39.5 Å². The summed E-state index contributed by atoms with van der Waals surface area (Å²) in [5, 5.41) is 5.47. The summed E-state index contributed by atoms with van der Waals surface area (Å²) in [6, 6.07) is 13.9. The molecule has 146 valence electrons. The zero-order valence-corrected chi connectivity index (χ0v) is 15.5. The predicted octanol–water partition coefficient (Wildman–Crippen LogP) is 2.91. The zero-order chi connectivity index (χ0) is 20.1. The maximum Gasteiger partial charge on any atom is 0.258 e. The van der Waals surface area contributed by atoms with Crippen LogP contribution in [0.25, 0.3) is 11.4 Å². The number of carbonyl (C=O) groups excluding carboxylic acids is 2. The number of anilines is 2. The van der Waals surface area contributed by atoms with E-state index in [2.05, 4.69) is 25.6 Å². The van der Waals surface area contributed by atoms with E-state index in [1.807, 2.05) is 18.2 Å². The Morgan fingerprint density at radius 1 is 0.966 bits per heavy atom. The smallest absolute Gasteiger partial charge is 0.258 e. The molecule has 1 saturated heterocycles. The van der Waals surface area contributed by atoms with Gasteiger partial charge >= 0.3 is 0 Å². The minimum atomic E-state index is -0.435. The van der Waals surface area contributed by atoms with Crippen molar-refractivity contribution >= 4 is 23.5 Å². The van der Waals surface area contributed by atoms with E-state index in [9.17, 15) is 9.59 Å². The first kappa shape index (κ1) is 18.7. The van der Waals surface area contributed by atoms with Gasteiger partial charge in [0.25, 0.3) is 11.8 Å². The lowest BCUT2D eigenvalue weighted by Crippen LogP contribution is -2.27. The minimum absolute atomic E-state index is 0.173. The van der Waals surface area contributed by atoms with Gasteiger partial charge in [-0.05, 0) is 49.2 Å². The normalized spacial score (nSPS) is 15.7. The summed E-state index contributed by atoms with van der Waals surface area (Å²) in [5.74, 6) is -0.408.